The number of halogens is 1. The predicted octanol–water partition coefficient (Wildman–Crippen LogP) is 2.52. The van der Waals surface area contributed by atoms with E-state index in [0.29, 0.717) is 20.8 Å². The Bertz CT molecular complexity index is 944. The number of anilines is 1. The molecule has 0 saturated heterocycles. The fourth-order valence-corrected chi connectivity index (χ4v) is 4.78. The van der Waals surface area contributed by atoms with Gasteiger partial charge in [0.05, 0.1) is 11.9 Å². The van der Waals surface area contributed by atoms with E-state index < -0.39 is 11.7 Å². The van der Waals surface area contributed by atoms with Crippen LogP contribution in [0, 0.1) is 6.92 Å². The third kappa shape index (κ3) is 5.07. The Morgan fingerprint density at radius 3 is 2.57 bits per heavy atom. The van der Waals surface area contributed by atoms with Gasteiger partial charge in [-0.1, -0.05) is 61.1 Å². The van der Waals surface area contributed by atoms with Crippen molar-refractivity contribution in [2.75, 3.05) is 12.1 Å². The van der Waals surface area contributed by atoms with E-state index in [4.69, 9.17) is 11.6 Å². The van der Waals surface area contributed by atoms with Crippen molar-refractivity contribution in [1.29, 1.82) is 0 Å². The summed E-state index contributed by atoms with van der Waals surface area (Å²) >= 11 is 8.70. The van der Waals surface area contributed by atoms with Gasteiger partial charge in [-0.3, -0.25) is 9.80 Å². The molecule has 3 N–H and O–H groups in total. The Kier molecular flexibility index (Phi) is 7.54. The molecule has 0 saturated carbocycles. The molecule has 3 rings (SSSR count). The van der Waals surface area contributed by atoms with Gasteiger partial charge in [-0.05, 0) is 24.1 Å². The zero-order valence-electron chi connectivity index (χ0n) is 15.7. The van der Waals surface area contributed by atoms with Crippen LogP contribution in [0.25, 0.3) is 0 Å². The second-order valence-corrected chi connectivity index (χ2v) is 8.18. The number of hydrogen-bond donors (Lipinski definition) is 3. The second-order valence-electron chi connectivity index (χ2n) is 5.55. The first kappa shape index (κ1) is 22.7. The van der Waals surface area contributed by atoms with Crippen LogP contribution in [-0.4, -0.2) is 36.5 Å². The number of nitrogens with zero attached hydrogens (tertiary/aromatic N) is 4. The zero-order chi connectivity index (χ0) is 21.1. The molecule has 0 unspecified atom stereocenters. The van der Waals surface area contributed by atoms with Crippen molar-refractivity contribution in [3.63, 3.8) is 0 Å². The molecule has 28 heavy (non-hydrogen) atoms. The number of rotatable bonds is 3. The average molecular weight is 445 g/mol. The first-order chi connectivity index (χ1) is 13.2. The molecule has 0 amide bonds. The molecule has 0 fully saturated rings. The van der Waals surface area contributed by atoms with E-state index in [1.165, 1.54) is 23.0 Å². The third-order valence-electron chi connectivity index (χ3n) is 3.53. The van der Waals surface area contributed by atoms with Crippen molar-refractivity contribution in [1.82, 2.24) is 9.78 Å². The summed E-state index contributed by atoms with van der Waals surface area (Å²) in [6, 6.07) is 5.78. The van der Waals surface area contributed by atoms with Gasteiger partial charge in [0, 0.05) is 17.8 Å². The fraction of sp³-hybridized carbons (Fsp3) is 0.353. The van der Waals surface area contributed by atoms with Gasteiger partial charge in [0.2, 0.25) is 0 Å². The maximum absolute atomic E-state index is 12.4. The van der Waals surface area contributed by atoms with Gasteiger partial charge in [-0.15, -0.1) is 4.68 Å². The van der Waals surface area contributed by atoms with E-state index in [1.54, 1.807) is 7.05 Å². The summed E-state index contributed by atoms with van der Waals surface area (Å²) in [5, 5.41) is 37.8. The van der Waals surface area contributed by atoms with E-state index in [0.717, 1.165) is 22.9 Å². The largest absolute Gasteiger partial charge is 0.392 e. The predicted molar refractivity (Wildman–Crippen MR) is 114 cm³/mol. The lowest BCUT2D eigenvalue weighted by Gasteiger charge is -2.24. The van der Waals surface area contributed by atoms with Crippen molar-refractivity contribution < 1.29 is 15.3 Å². The summed E-state index contributed by atoms with van der Waals surface area (Å²) < 4.78 is 0.767. The fourth-order valence-electron chi connectivity index (χ4n) is 2.22. The molecule has 1 aliphatic rings. The van der Waals surface area contributed by atoms with Gasteiger partial charge in [0.15, 0.2) is 4.38 Å². The van der Waals surface area contributed by atoms with E-state index in [1.807, 2.05) is 39.0 Å². The van der Waals surface area contributed by atoms with Crippen LogP contribution in [0.2, 0.25) is 5.02 Å². The highest BCUT2D eigenvalue weighted by molar-refractivity contribution is 8.38. The number of hydrazone groups is 1. The highest BCUT2D eigenvalue weighted by Crippen LogP contribution is 2.37. The summed E-state index contributed by atoms with van der Waals surface area (Å²) in [4.78, 5) is 12.6. The highest BCUT2D eigenvalue weighted by Gasteiger charge is 2.30. The van der Waals surface area contributed by atoms with Crippen LogP contribution in [0.15, 0.2) is 39.2 Å². The van der Waals surface area contributed by atoms with E-state index >= 15 is 0 Å². The van der Waals surface area contributed by atoms with E-state index in [2.05, 4.69) is 10.2 Å². The maximum atomic E-state index is 12.4. The third-order valence-corrected chi connectivity index (χ3v) is 6.11. The minimum absolute atomic E-state index is 0.177. The van der Waals surface area contributed by atoms with Gasteiger partial charge in [-0.2, -0.15) is 10.2 Å². The van der Waals surface area contributed by atoms with Gasteiger partial charge >= 0.3 is 6.10 Å². The minimum Gasteiger partial charge on any atom is -0.324 e. The molecule has 2 aromatic rings. The smallest absolute Gasteiger partial charge is 0.324 e. The molecule has 1 aliphatic heterocycles. The Labute approximate surface area is 175 Å². The number of aromatic nitrogens is 2. The van der Waals surface area contributed by atoms with Gasteiger partial charge in [0.1, 0.15) is 4.90 Å². The quantitative estimate of drug-likeness (QED) is 0.619. The van der Waals surface area contributed by atoms with Gasteiger partial charge in [-0.25, -0.2) is 0 Å². The first-order valence-corrected chi connectivity index (χ1v) is 10.5. The van der Waals surface area contributed by atoms with Crippen molar-refractivity contribution in [2.24, 2.45) is 5.10 Å². The van der Waals surface area contributed by atoms with Gasteiger partial charge in [0.25, 0.3) is 5.56 Å². The molecule has 8 nitrogen and oxygen atoms in total. The van der Waals surface area contributed by atoms with Crippen molar-refractivity contribution in [2.45, 2.75) is 37.5 Å². The van der Waals surface area contributed by atoms with Crippen molar-refractivity contribution >= 4 is 45.2 Å². The minimum atomic E-state index is -3.37. The summed E-state index contributed by atoms with van der Waals surface area (Å²) in [5.41, 5.74) is 1.56. The lowest BCUT2D eigenvalue weighted by Crippen LogP contribution is -2.43. The van der Waals surface area contributed by atoms with Gasteiger partial charge < -0.3 is 15.3 Å². The second kappa shape index (κ2) is 9.29. The van der Waals surface area contributed by atoms with Crippen LogP contribution in [0.5, 0.6) is 0 Å². The first-order valence-electron chi connectivity index (χ1n) is 8.35. The van der Waals surface area contributed by atoms with Crippen molar-refractivity contribution in [3.8, 4) is 0 Å². The van der Waals surface area contributed by atoms with Crippen LogP contribution in [0.1, 0.15) is 25.0 Å². The molecule has 0 spiro atoms. The monoisotopic (exact) mass is 444 g/mol. The molecule has 0 bridgehead atoms. The molecule has 0 atom stereocenters. The van der Waals surface area contributed by atoms with Crippen LogP contribution in [0.3, 0.4) is 0 Å². The van der Waals surface area contributed by atoms with Crippen LogP contribution in [0.4, 0.5) is 5.69 Å². The maximum Gasteiger partial charge on any atom is 0.392 e. The number of benzene rings is 1. The lowest BCUT2D eigenvalue weighted by molar-refractivity contribution is -0.383. The van der Waals surface area contributed by atoms with Crippen LogP contribution >= 0.6 is 35.1 Å². The lowest BCUT2D eigenvalue weighted by atomic mass is 10.2. The average Bonchev–Trinajstić information content (AvgIpc) is 2.62. The Morgan fingerprint density at radius 1 is 1.29 bits per heavy atom. The number of thioether (sulfide) groups is 2. The van der Waals surface area contributed by atoms with Crippen LogP contribution in [-0.2, 0) is 11.8 Å². The molecular formula is C17H21ClN4O4S2. The van der Waals surface area contributed by atoms with Crippen molar-refractivity contribution in [3.05, 3.63) is 50.9 Å². The SMILES string of the molecule is CC.Cc1ccc(CSC2=NN(C)c3cnn(C(O)(O)O)c(=O)c3S2)c(Cl)c1. The molecule has 0 aliphatic carbocycles. The van der Waals surface area contributed by atoms with E-state index in [-0.39, 0.29) is 9.58 Å². The molecule has 11 heteroatoms. The summed E-state index contributed by atoms with van der Waals surface area (Å²) in [6.45, 7) is 5.96. The number of aliphatic hydroxyl groups is 3. The molecule has 152 valence electrons. The zero-order valence-corrected chi connectivity index (χ0v) is 18.1. The standard InChI is InChI=1S/C15H15ClN4O4S2.C2H6/c1-8-3-4-9(10(16)5-8)7-25-14-18-19(2)11-6-17-20(15(22,23)24)13(21)12(11)26-14;1-2/h3-6,22-24H,7H2,1-2H3;1-2H3. The Hall–Kier alpha value is -1.56. The number of hydrogen-bond acceptors (Lipinski definition) is 9. The summed E-state index contributed by atoms with van der Waals surface area (Å²) in [7, 11) is 1.65. The summed E-state index contributed by atoms with van der Waals surface area (Å²) in [6.07, 6.45) is -2.15. The topological polar surface area (TPSA) is 111 Å². The molecule has 1 aromatic heterocycles. The van der Waals surface area contributed by atoms with Crippen LogP contribution < -0.4 is 10.6 Å². The normalized spacial score (nSPS) is 13.4. The Morgan fingerprint density at radius 2 is 1.96 bits per heavy atom. The number of aryl methyl sites for hydroxylation is 1. The molecule has 1 aromatic carbocycles. The molecule has 0 radical (unpaired) electrons. The summed E-state index contributed by atoms with van der Waals surface area (Å²) in [5.74, 6) is 0.553. The highest BCUT2D eigenvalue weighted by atomic mass is 35.5. The molecule has 2 heterocycles. The Balaban J connectivity index is 0.00000136. The number of fused-ring (bicyclic) bond motifs is 1. The molecular weight excluding hydrogens is 424 g/mol. The van der Waals surface area contributed by atoms with E-state index in [9.17, 15) is 20.1 Å².